The van der Waals surface area contributed by atoms with E-state index in [0.29, 0.717) is 11.8 Å². The molecule has 7 heteroatoms. The highest BCUT2D eigenvalue weighted by atomic mass is 16.1. The van der Waals surface area contributed by atoms with Crippen molar-refractivity contribution >= 4 is 17.7 Å². The highest BCUT2D eigenvalue weighted by molar-refractivity contribution is 5.97. The Hall–Kier alpha value is -2.54. The van der Waals surface area contributed by atoms with Crippen LogP contribution >= 0.6 is 0 Å². The lowest BCUT2D eigenvalue weighted by molar-refractivity contribution is 0.0796. The standard InChI is InChI=1S/C19H26N6O/c1-13(17-21-18(20)23-19(22-17)24(2)3)25-11-9-15(10-12-25)16(26)14-7-5-4-6-8-14/h4-8,13,15H,9-12H2,1-3H3,(H2,20,21,22,23). The zero-order valence-corrected chi connectivity index (χ0v) is 15.6. The SMILES string of the molecule is CC(c1nc(N)nc(N(C)C)n1)N1CCC(C(=O)c2ccccc2)CC1. The van der Waals surface area contributed by atoms with Crippen LogP contribution < -0.4 is 10.6 Å². The van der Waals surface area contributed by atoms with Gasteiger partial charge in [0.05, 0.1) is 6.04 Å². The van der Waals surface area contributed by atoms with Crippen molar-refractivity contribution in [2.45, 2.75) is 25.8 Å². The lowest BCUT2D eigenvalue weighted by Gasteiger charge is -2.35. The first-order chi connectivity index (χ1) is 12.5. The molecule has 0 radical (unpaired) electrons. The molecule has 1 unspecified atom stereocenters. The summed E-state index contributed by atoms with van der Waals surface area (Å²) in [6.07, 6.45) is 1.69. The van der Waals surface area contributed by atoms with Gasteiger partial charge in [-0.1, -0.05) is 30.3 Å². The molecular weight excluding hydrogens is 328 g/mol. The van der Waals surface area contributed by atoms with Crippen LogP contribution in [0.25, 0.3) is 0 Å². The maximum Gasteiger partial charge on any atom is 0.229 e. The van der Waals surface area contributed by atoms with E-state index in [1.165, 1.54) is 0 Å². The third-order valence-corrected chi connectivity index (χ3v) is 4.94. The van der Waals surface area contributed by atoms with Gasteiger partial charge in [0.25, 0.3) is 0 Å². The van der Waals surface area contributed by atoms with Crippen molar-refractivity contribution in [3.05, 3.63) is 41.7 Å². The summed E-state index contributed by atoms with van der Waals surface area (Å²) in [5.41, 5.74) is 6.64. The summed E-state index contributed by atoms with van der Waals surface area (Å²) < 4.78 is 0. The van der Waals surface area contributed by atoms with E-state index < -0.39 is 0 Å². The third-order valence-electron chi connectivity index (χ3n) is 4.94. The van der Waals surface area contributed by atoms with Crippen LogP contribution in [0.2, 0.25) is 0 Å². The monoisotopic (exact) mass is 354 g/mol. The number of carbonyl (C=O) groups is 1. The number of hydrogen-bond donors (Lipinski definition) is 1. The van der Waals surface area contributed by atoms with Crippen molar-refractivity contribution in [2.75, 3.05) is 37.8 Å². The lowest BCUT2D eigenvalue weighted by atomic mass is 9.88. The van der Waals surface area contributed by atoms with Gasteiger partial charge in [0.2, 0.25) is 11.9 Å². The second kappa shape index (κ2) is 7.78. The van der Waals surface area contributed by atoms with Crippen molar-refractivity contribution in [3.63, 3.8) is 0 Å². The number of Topliss-reactive ketones (excluding diaryl/α,β-unsaturated/α-hetero) is 1. The van der Waals surface area contributed by atoms with Crippen LogP contribution in [0.4, 0.5) is 11.9 Å². The molecule has 3 rings (SSSR count). The van der Waals surface area contributed by atoms with Gasteiger partial charge in [-0.05, 0) is 32.9 Å². The number of aromatic nitrogens is 3. The van der Waals surface area contributed by atoms with E-state index in [0.717, 1.165) is 31.5 Å². The smallest absolute Gasteiger partial charge is 0.229 e. The van der Waals surface area contributed by atoms with Gasteiger partial charge in [-0.15, -0.1) is 0 Å². The molecule has 2 aromatic rings. The molecule has 7 nitrogen and oxygen atoms in total. The topological polar surface area (TPSA) is 88.2 Å². The zero-order valence-electron chi connectivity index (χ0n) is 15.6. The van der Waals surface area contributed by atoms with Gasteiger partial charge in [-0.3, -0.25) is 9.69 Å². The van der Waals surface area contributed by atoms with Crippen LogP contribution in [0.15, 0.2) is 30.3 Å². The van der Waals surface area contributed by atoms with Gasteiger partial charge in [0.15, 0.2) is 11.6 Å². The Morgan fingerprint density at radius 3 is 2.42 bits per heavy atom. The summed E-state index contributed by atoms with van der Waals surface area (Å²) in [5, 5.41) is 0. The molecule has 138 valence electrons. The Labute approximate surface area is 154 Å². The number of nitrogens with two attached hydrogens (primary N) is 1. The highest BCUT2D eigenvalue weighted by Gasteiger charge is 2.29. The van der Waals surface area contributed by atoms with Crippen LogP contribution in [0, 0.1) is 5.92 Å². The quantitative estimate of drug-likeness (QED) is 0.823. The molecule has 0 bridgehead atoms. The molecule has 1 aromatic heterocycles. The number of benzene rings is 1. The maximum atomic E-state index is 12.6. The molecule has 1 aliphatic rings. The fourth-order valence-corrected chi connectivity index (χ4v) is 3.33. The molecule has 1 atom stereocenters. The fraction of sp³-hybridized carbons (Fsp3) is 0.474. The minimum Gasteiger partial charge on any atom is -0.368 e. The van der Waals surface area contributed by atoms with Crippen molar-refractivity contribution in [1.29, 1.82) is 0 Å². The minimum absolute atomic E-state index is 0.0341. The zero-order chi connectivity index (χ0) is 18.7. The van der Waals surface area contributed by atoms with Gasteiger partial charge in [0.1, 0.15) is 0 Å². The van der Waals surface area contributed by atoms with Gasteiger partial charge in [0, 0.05) is 25.6 Å². The third kappa shape index (κ3) is 3.99. The number of carbonyl (C=O) groups excluding carboxylic acids is 1. The van der Waals surface area contributed by atoms with Crippen LogP contribution in [-0.4, -0.2) is 52.8 Å². The molecule has 1 aromatic carbocycles. The summed E-state index contributed by atoms with van der Waals surface area (Å²) in [7, 11) is 3.76. The van der Waals surface area contributed by atoms with Crippen LogP contribution in [0.1, 0.15) is 42.0 Å². The van der Waals surface area contributed by atoms with E-state index >= 15 is 0 Å². The van der Waals surface area contributed by atoms with Crippen LogP contribution in [-0.2, 0) is 0 Å². The van der Waals surface area contributed by atoms with Crippen LogP contribution in [0.3, 0.4) is 0 Å². The number of ketones is 1. The Morgan fingerprint density at radius 1 is 1.15 bits per heavy atom. The molecule has 2 N–H and O–H groups in total. The van der Waals surface area contributed by atoms with E-state index in [4.69, 9.17) is 5.73 Å². The molecule has 26 heavy (non-hydrogen) atoms. The molecule has 0 aliphatic carbocycles. The summed E-state index contributed by atoms with van der Waals surface area (Å²) in [4.78, 5) is 29.8. The second-order valence-electron chi connectivity index (χ2n) is 6.96. The molecule has 1 aliphatic heterocycles. The van der Waals surface area contributed by atoms with Crippen LogP contribution in [0.5, 0.6) is 0 Å². The normalized spacial score (nSPS) is 17.0. The van der Waals surface area contributed by atoms with Crippen molar-refractivity contribution in [2.24, 2.45) is 5.92 Å². The van der Waals surface area contributed by atoms with E-state index in [1.807, 2.05) is 49.3 Å². The van der Waals surface area contributed by atoms with E-state index in [-0.39, 0.29) is 23.7 Å². The first-order valence-corrected chi connectivity index (χ1v) is 8.98. The Bertz CT molecular complexity index is 756. The predicted octanol–water partition coefficient (Wildman–Crippen LogP) is 2.18. The number of rotatable bonds is 5. The van der Waals surface area contributed by atoms with Gasteiger partial charge in [-0.2, -0.15) is 15.0 Å². The molecule has 1 fully saturated rings. The summed E-state index contributed by atoms with van der Waals surface area (Å²) in [5.74, 6) is 1.81. The first kappa shape index (κ1) is 18.3. The van der Waals surface area contributed by atoms with E-state index in [1.54, 1.807) is 0 Å². The number of hydrogen-bond acceptors (Lipinski definition) is 7. The Balaban J connectivity index is 1.65. The fourth-order valence-electron chi connectivity index (χ4n) is 3.33. The highest BCUT2D eigenvalue weighted by Crippen LogP contribution is 2.27. The Morgan fingerprint density at radius 2 is 1.81 bits per heavy atom. The first-order valence-electron chi connectivity index (χ1n) is 8.98. The summed E-state index contributed by atoms with van der Waals surface area (Å²) >= 11 is 0. The number of likely N-dealkylation sites (tertiary alicyclic amines) is 1. The molecule has 0 saturated carbocycles. The average Bonchev–Trinajstić information content (AvgIpc) is 2.67. The average molecular weight is 354 g/mol. The van der Waals surface area contributed by atoms with E-state index in [2.05, 4.69) is 26.8 Å². The number of nitrogen functional groups attached to an aromatic ring is 1. The predicted molar refractivity (Wildman–Crippen MR) is 102 cm³/mol. The molecule has 0 spiro atoms. The van der Waals surface area contributed by atoms with Crippen molar-refractivity contribution in [1.82, 2.24) is 19.9 Å². The molecule has 0 amide bonds. The summed E-state index contributed by atoms with van der Waals surface area (Å²) in [6, 6.07) is 9.59. The minimum atomic E-state index is 0.0341. The summed E-state index contributed by atoms with van der Waals surface area (Å²) in [6.45, 7) is 3.76. The van der Waals surface area contributed by atoms with Gasteiger partial charge >= 0.3 is 0 Å². The van der Waals surface area contributed by atoms with Crippen molar-refractivity contribution < 1.29 is 4.79 Å². The Kier molecular flexibility index (Phi) is 5.46. The maximum absolute atomic E-state index is 12.6. The van der Waals surface area contributed by atoms with Gasteiger partial charge in [-0.25, -0.2) is 0 Å². The second-order valence-corrected chi connectivity index (χ2v) is 6.96. The lowest BCUT2D eigenvalue weighted by Crippen LogP contribution is -2.38. The number of nitrogens with zero attached hydrogens (tertiary/aromatic N) is 5. The van der Waals surface area contributed by atoms with E-state index in [9.17, 15) is 4.79 Å². The number of piperidine rings is 1. The van der Waals surface area contributed by atoms with Gasteiger partial charge < -0.3 is 10.6 Å². The van der Waals surface area contributed by atoms with Crippen molar-refractivity contribution in [3.8, 4) is 0 Å². The largest absolute Gasteiger partial charge is 0.368 e. The number of anilines is 2. The molecule has 2 heterocycles. The molecular formula is C19H26N6O. The molecule has 1 saturated heterocycles.